The van der Waals surface area contributed by atoms with E-state index >= 15 is 0 Å². The number of nitrogens with zero attached hydrogens (tertiary/aromatic N) is 3. The third-order valence-electron chi connectivity index (χ3n) is 4.10. The Bertz CT molecular complexity index is 594. The molecule has 1 aromatic carbocycles. The van der Waals surface area contributed by atoms with Gasteiger partial charge in [-0.05, 0) is 44.0 Å². The summed E-state index contributed by atoms with van der Waals surface area (Å²) in [6, 6.07) is 8.86. The zero-order valence-electron chi connectivity index (χ0n) is 13.3. The molecule has 0 amide bonds. The lowest BCUT2D eigenvalue weighted by Crippen LogP contribution is -2.23. The van der Waals surface area contributed by atoms with Crippen LogP contribution in [0.15, 0.2) is 28.8 Å². The summed E-state index contributed by atoms with van der Waals surface area (Å²) in [6.45, 7) is 6.53. The smallest absolute Gasteiger partial charge is 0.240 e. The Hall–Kier alpha value is -1.88. The average Bonchev–Trinajstić information content (AvgIpc) is 3.18. The molecule has 2 aromatic rings. The van der Waals surface area contributed by atoms with E-state index in [1.54, 1.807) is 0 Å². The van der Waals surface area contributed by atoms with Gasteiger partial charge >= 0.3 is 0 Å². The van der Waals surface area contributed by atoms with Crippen LogP contribution in [0.4, 0.5) is 0 Å². The number of hydrogen-bond donors (Lipinski definition) is 0. The normalized spacial score (nSPS) is 18.7. The number of ether oxygens (including phenoxy) is 1. The fourth-order valence-electron chi connectivity index (χ4n) is 3.02. The zero-order chi connectivity index (χ0) is 15.4. The minimum Gasteiger partial charge on any atom is -0.494 e. The summed E-state index contributed by atoms with van der Waals surface area (Å²) in [4.78, 5) is 6.84. The molecule has 1 saturated heterocycles. The van der Waals surface area contributed by atoms with Crippen molar-refractivity contribution in [1.29, 1.82) is 0 Å². The summed E-state index contributed by atoms with van der Waals surface area (Å²) < 4.78 is 10.8. The van der Waals surface area contributed by atoms with Crippen LogP contribution in [0.2, 0.25) is 0 Å². The molecule has 0 radical (unpaired) electrons. The molecule has 22 heavy (non-hydrogen) atoms. The van der Waals surface area contributed by atoms with Crippen LogP contribution in [0.5, 0.6) is 5.75 Å². The number of benzene rings is 1. The highest BCUT2D eigenvalue weighted by atomic mass is 16.5. The summed E-state index contributed by atoms with van der Waals surface area (Å²) >= 11 is 0. The maximum Gasteiger partial charge on any atom is 0.240 e. The first-order valence-electron chi connectivity index (χ1n) is 8.08. The Morgan fingerprint density at radius 2 is 2.09 bits per heavy atom. The van der Waals surface area contributed by atoms with Crippen molar-refractivity contribution >= 4 is 0 Å². The predicted molar refractivity (Wildman–Crippen MR) is 83.7 cm³/mol. The molecule has 1 aliphatic rings. The Balaban J connectivity index is 1.69. The summed E-state index contributed by atoms with van der Waals surface area (Å²) in [7, 11) is 0. The van der Waals surface area contributed by atoms with Crippen molar-refractivity contribution in [2.24, 2.45) is 0 Å². The molecule has 5 nitrogen and oxygen atoms in total. The molecule has 0 aliphatic carbocycles. The fourth-order valence-corrected chi connectivity index (χ4v) is 3.02. The second kappa shape index (κ2) is 6.92. The average molecular weight is 301 g/mol. The lowest BCUT2D eigenvalue weighted by atomic mass is 10.0. The number of hydrogen-bond acceptors (Lipinski definition) is 5. The van der Waals surface area contributed by atoms with E-state index in [0.717, 1.165) is 37.0 Å². The first-order valence-corrected chi connectivity index (χ1v) is 8.08. The van der Waals surface area contributed by atoms with Crippen LogP contribution in [0.1, 0.15) is 50.0 Å². The van der Waals surface area contributed by atoms with Gasteiger partial charge in [-0.1, -0.05) is 24.2 Å². The lowest BCUT2D eigenvalue weighted by Gasteiger charge is -2.23. The molecule has 0 N–H and O–H groups in total. The predicted octanol–water partition coefficient (Wildman–Crippen LogP) is 3.37. The van der Waals surface area contributed by atoms with Crippen molar-refractivity contribution in [1.82, 2.24) is 15.0 Å². The molecular formula is C17H23N3O2. The van der Waals surface area contributed by atoms with Crippen molar-refractivity contribution in [2.75, 3.05) is 13.2 Å². The molecule has 5 heteroatoms. The van der Waals surface area contributed by atoms with Crippen LogP contribution in [0.3, 0.4) is 0 Å². The van der Waals surface area contributed by atoms with E-state index in [4.69, 9.17) is 9.26 Å². The Morgan fingerprint density at radius 1 is 1.27 bits per heavy atom. The van der Waals surface area contributed by atoms with E-state index in [1.807, 2.05) is 13.8 Å². The number of likely N-dealkylation sites (tertiary alicyclic amines) is 1. The van der Waals surface area contributed by atoms with Gasteiger partial charge in [-0.25, -0.2) is 0 Å². The zero-order valence-corrected chi connectivity index (χ0v) is 13.3. The molecule has 1 atom stereocenters. The summed E-state index contributed by atoms with van der Waals surface area (Å²) in [5.41, 5.74) is 1.33. The topological polar surface area (TPSA) is 51.4 Å². The first-order chi connectivity index (χ1) is 10.8. The molecule has 1 aromatic heterocycles. The minimum absolute atomic E-state index is 0.424. The maximum atomic E-state index is 5.51. The van der Waals surface area contributed by atoms with Gasteiger partial charge in [0.1, 0.15) is 5.75 Å². The van der Waals surface area contributed by atoms with Crippen LogP contribution in [-0.2, 0) is 13.0 Å². The van der Waals surface area contributed by atoms with Crippen LogP contribution in [-0.4, -0.2) is 28.2 Å². The van der Waals surface area contributed by atoms with Crippen LogP contribution < -0.4 is 4.74 Å². The van der Waals surface area contributed by atoms with Gasteiger partial charge in [-0.15, -0.1) is 0 Å². The van der Waals surface area contributed by atoms with Gasteiger partial charge in [-0.3, -0.25) is 4.90 Å². The molecule has 2 heterocycles. The van der Waals surface area contributed by atoms with Crippen molar-refractivity contribution in [3.05, 3.63) is 41.5 Å². The largest absolute Gasteiger partial charge is 0.494 e. The second-order valence-electron chi connectivity index (χ2n) is 5.59. The molecule has 0 spiro atoms. The maximum absolute atomic E-state index is 5.51. The molecule has 3 rings (SSSR count). The van der Waals surface area contributed by atoms with Gasteiger partial charge < -0.3 is 9.26 Å². The van der Waals surface area contributed by atoms with E-state index in [0.29, 0.717) is 12.6 Å². The van der Waals surface area contributed by atoms with Gasteiger partial charge in [0.15, 0.2) is 5.82 Å². The van der Waals surface area contributed by atoms with E-state index < -0.39 is 0 Å². The lowest BCUT2D eigenvalue weighted by molar-refractivity contribution is 0.212. The first kappa shape index (κ1) is 15.0. The highest BCUT2D eigenvalue weighted by Gasteiger charge is 2.27. The fraction of sp³-hybridized carbons (Fsp3) is 0.529. The Kier molecular flexibility index (Phi) is 4.73. The molecule has 1 aliphatic heterocycles. The highest BCUT2D eigenvalue weighted by molar-refractivity contribution is 5.29. The Morgan fingerprint density at radius 3 is 2.77 bits per heavy atom. The minimum atomic E-state index is 0.424. The van der Waals surface area contributed by atoms with E-state index in [2.05, 4.69) is 39.3 Å². The van der Waals surface area contributed by atoms with E-state index in [1.165, 1.54) is 18.4 Å². The summed E-state index contributed by atoms with van der Waals surface area (Å²) in [5, 5.41) is 3.98. The Labute approximate surface area is 131 Å². The summed E-state index contributed by atoms with van der Waals surface area (Å²) in [5.74, 6) is 2.43. The molecular weight excluding hydrogens is 278 g/mol. The highest BCUT2D eigenvalue weighted by Crippen LogP contribution is 2.33. The van der Waals surface area contributed by atoms with Crippen LogP contribution in [0, 0.1) is 0 Å². The van der Waals surface area contributed by atoms with Gasteiger partial charge in [-0.2, -0.15) is 4.98 Å². The SMILES string of the molecule is CCOc1ccc(C2CCCN2Cc2nc(CC)no2)cc1. The van der Waals surface area contributed by atoms with Gasteiger partial charge in [0.25, 0.3) is 0 Å². The van der Waals surface area contributed by atoms with Gasteiger partial charge in [0.05, 0.1) is 13.2 Å². The van der Waals surface area contributed by atoms with E-state index in [9.17, 15) is 0 Å². The molecule has 0 saturated carbocycles. The van der Waals surface area contributed by atoms with Crippen molar-refractivity contribution in [3.63, 3.8) is 0 Å². The molecule has 118 valence electrons. The quantitative estimate of drug-likeness (QED) is 0.819. The number of aryl methyl sites for hydroxylation is 1. The van der Waals surface area contributed by atoms with Crippen molar-refractivity contribution < 1.29 is 9.26 Å². The monoisotopic (exact) mass is 301 g/mol. The van der Waals surface area contributed by atoms with Gasteiger partial charge in [0, 0.05) is 12.5 Å². The standard InChI is InChI=1S/C17H23N3O2/c1-3-16-18-17(22-19-16)12-20-11-5-6-15(20)13-7-9-14(10-8-13)21-4-2/h7-10,15H,3-6,11-12H2,1-2H3. The molecule has 0 bridgehead atoms. The number of rotatable bonds is 6. The summed E-state index contributed by atoms with van der Waals surface area (Å²) in [6.07, 6.45) is 3.18. The van der Waals surface area contributed by atoms with Crippen LogP contribution >= 0.6 is 0 Å². The third-order valence-corrected chi connectivity index (χ3v) is 4.10. The third kappa shape index (κ3) is 3.30. The molecule has 1 fully saturated rings. The van der Waals surface area contributed by atoms with Crippen molar-refractivity contribution in [3.8, 4) is 5.75 Å². The van der Waals surface area contributed by atoms with E-state index in [-0.39, 0.29) is 0 Å². The van der Waals surface area contributed by atoms with Crippen molar-refractivity contribution in [2.45, 2.75) is 45.7 Å². The second-order valence-corrected chi connectivity index (χ2v) is 5.59. The van der Waals surface area contributed by atoms with Crippen LogP contribution in [0.25, 0.3) is 0 Å². The number of aromatic nitrogens is 2. The van der Waals surface area contributed by atoms with Gasteiger partial charge in [0.2, 0.25) is 5.89 Å². The molecule has 1 unspecified atom stereocenters.